The van der Waals surface area contributed by atoms with E-state index in [1.165, 1.54) is 6.20 Å². The average molecular weight is 381 g/mol. The largest absolute Gasteiger partial charge is 0.390 e. The van der Waals surface area contributed by atoms with Crippen molar-refractivity contribution < 1.29 is 9.90 Å². The first-order chi connectivity index (χ1) is 13.0. The minimum atomic E-state index is -0.702. The molecule has 27 heavy (non-hydrogen) atoms. The zero-order valence-electron chi connectivity index (χ0n) is 14.3. The molecule has 0 fully saturated rings. The van der Waals surface area contributed by atoms with E-state index in [4.69, 9.17) is 17.3 Å². The van der Waals surface area contributed by atoms with Crippen molar-refractivity contribution in [3.63, 3.8) is 0 Å². The molecule has 1 aliphatic rings. The number of hydrogen-bond acceptors (Lipinski definition) is 5. The molecule has 0 saturated heterocycles. The number of halogens is 1. The van der Waals surface area contributed by atoms with E-state index in [1.807, 2.05) is 36.4 Å². The van der Waals surface area contributed by atoms with Crippen molar-refractivity contribution in [3.05, 3.63) is 76.6 Å². The summed E-state index contributed by atoms with van der Waals surface area (Å²) in [6.07, 6.45) is 1.27. The molecule has 136 valence electrons. The second kappa shape index (κ2) is 6.98. The lowest BCUT2D eigenvalue weighted by Gasteiger charge is -2.18. The number of carbonyl (C=O) groups is 1. The van der Waals surface area contributed by atoms with Gasteiger partial charge in [0.1, 0.15) is 0 Å². The Morgan fingerprint density at radius 1 is 1.19 bits per heavy atom. The summed E-state index contributed by atoms with van der Waals surface area (Å²) in [4.78, 5) is 21.3. The summed E-state index contributed by atoms with van der Waals surface area (Å²) in [6, 6.07) is 14.3. The van der Waals surface area contributed by atoms with Gasteiger partial charge >= 0.3 is 0 Å². The third-order valence-electron chi connectivity index (χ3n) is 4.66. The number of hydrogen-bond donors (Lipinski definition) is 3. The summed E-state index contributed by atoms with van der Waals surface area (Å²) in [5.74, 6) is -0.473. The van der Waals surface area contributed by atoms with Crippen LogP contribution in [0.3, 0.4) is 0 Å². The zero-order valence-corrected chi connectivity index (χ0v) is 15.0. The molecule has 1 heterocycles. The van der Waals surface area contributed by atoms with E-state index in [9.17, 15) is 9.90 Å². The van der Waals surface area contributed by atoms with Crippen molar-refractivity contribution in [2.75, 3.05) is 5.73 Å². The average Bonchev–Trinajstić information content (AvgIpc) is 2.98. The zero-order chi connectivity index (χ0) is 19.0. The summed E-state index contributed by atoms with van der Waals surface area (Å²) >= 11 is 6.21. The molecule has 0 unspecified atom stereocenters. The number of nitrogen functional groups attached to an aromatic ring is 1. The van der Waals surface area contributed by atoms with Crippen LogP contribution in [0.25, 0.3) is 11.3 Å². The van der Waals surface area contributed by atoms with Gasteiger partial charge in [-0.15, -0.1) is 0 Å². The minimum Gasteiger partial charge on any atom is -0.390 e. The van der Waals surface area contributed by atoms with Crippen molar-refractivity contribution in [2.45, 2.75) is 18.6 Å². The van der Waals surface area contributed by atoms with Gasteiger partial charge in [0.05, 0.1) is 29.1 Å². The van der Waals surface area contributed by atoms with Crippen LogP contribution in [-0.4, -0.2) is 27.1 Å². The first kappa shape index (κ1) is 17.5. The highest BCUT2D eigenvalue weighted by Crippen LogP contribution is 2.32. The topological polar surface area (TPSA) is 101 Å². The maximum Gasteiger partial charge on any atom is 0.274 e. The van der Waals surface area contributed by atoms with E-state index in [2.05, 4.69) is 15.3 Å². The number of nitrogens with two attached hydrogens (primary N) is 1. The van der Waals surface area contributed by atoms with Crippen LogP contribution in [0, 0.1) is 0 Å². The fraction of sp³-hybridized carbons (Fsp3) is 0.150. The fourth-order valence-corrected chi connectivity index (χ4v) is 3.55. The Morgan fingerprint density at radius 2 is 1.93 bits per heavy atom. The van der Waals surface area contributed by atoms with Crippen LogP contribution >= 0.6 is 11.6 Å². The number of aliphatic hydroxyl groups excluding tert-OH is 1. The maximum atomic E-state index is 12.8. The lowest BCUT2D eigenvalue weighted by atomic mass is 10.1. The lowest BCUT2D eigenvalue weighted by molar-refractivity contribution is 0.0854. The summed E-state index contributed by atoms with van der Waals surface area (Å²) in [6.45, 7) is 0. The van der Waals surface area contributed by atoms with Crippen molar-refractivity contribution in [2.24, 2.45) is 0 Å². The number of carbonyl (C=O) groups excluding carboxylic acids is 1. The summed E-state index contributed by atoms with van der Waals surface area (Å²) in [7, 11) is 0. The smallest absolute Gasteiger partial charge is 0.274 e. The monoisotopic (exact) mass is 380 g/mol. The maximum absolute atomic E-state index is 12.8. The standard InChI is InChI=1S/C20H17ClN4O2/c21-14-8-4-3-7-13(14)15-10-23-19(22)18(24-15)20(27)25-17-12-6-2-1-5-11(12)9-16(17)26/h1-8,10,16-17,26H,9H2,(H2,22,23)(H,25,27)/t16-,17+/m0/s1. The van der Waals surface area contributed by atoms with Gasteiger partial charge in [-0.25, -0.2) is 9.97 Å². The molecule has 2 atom stereocenters. The van der Waals surface area contributed by atoms with Crippen LogP contribution in [0.5, 0.6) is 0 Å². The number of benzene rings is 2. The lowest BCUT2D eigenvalue weighted by Crippen LogP contribution is -2.35. The van der Waals surface area contributed by atoms with Crippen LogP contribution < -0.4 is 11.1 Å². The number of amides is 1. The van der Waals surface area contributed by atoms with Gasteiger partial charge in [0.2, 0.25) is 0 Å². The third kappa shape index (κ3) is 3.25. The number of nitrogens with zero attached hydrogens (tertiary/aromatic N) is 2. The Morgan fingerprint density at radius 3 is 2.74 bits per heavy atom. The van der Waals surface area contributed by atoms with E-state index < -0.39 is 18.1 Å². The molecular weight excluding hydrogens is 364 g/mol. The molecule has 4 rings (SSSR count). The molecule has 4 N–H and O–H groups in total. The number of nitrogens with one attached hydrogen (secondary N) is 1. The van der Waals surface area contributed by atoms with E-state index in [0.717, 1.165) is 11.1 Å². The van der Waals surface area contributed by atoms with E-state index >= 15 is 0 Å². The van der Waals surface area contributed by atoms with E-state index in [1.54, 1.807) is 12.1 Å². The summed E-state index contributed by atoms with van der Waals surface area (Å²) < 4.78 is 0. The Hall–Kier alpha value is -2.96. The van der Waals surface area contributed by atoms with Crippen LogP contribution in [0.15, 0.2) is 54.7 Å². The second-order valence-electron chi connectivity index (χ2n) is 6.39. The van der Waals surface area contributed by atoms with Gasteiger partial charge < -0.3 is 16.2 Å². The number of anilines is 1. The molecule has 7 heteroatoms. The summed E-state index contributed by atoms with van der Waals surface area (Å²) in [5, 5.41) is 13.7. The normalized spacial score (nSPS) is 18.1. The molecule has 1 aliphatic carbocycles. The Balaban J connectivity index is 1.65. The molecule has 0 spiro atoms. The highest BCUT2D eigenvalue weighted by Gasteiger charge is 2.32. The van der Waals surface area contributed by atoms with Crippen molar-refractivity contribution in [1.82, 2.24) is 15.3 Å². The number of aliphatic hydroxyl groups is 1. The highest BCUT2D eigenvalue weighted by molar-refractivity contribution is 6.33. The van der Waals surface area contributed by atoms with Gasteiger partial charge in [-0.1, -0.05) is 54.1 Å². The highest BCUT2D eigenvalue weighted by atomic mass is 35.5. The van der Waals surface area contributed by atoms with Gasteiger partial charge in [-0.2, -0.15) is 0 Å². The molecule has 1 aromatic heterocycles. The predicted octanol–water partition coefficient (Wildman–Crippen LogP) is 2.77. The third-order valence-corrected chi connectivity index (χ3v) is 4.99. The van der Waals surface area contributed by atoms with Gasteiger partial charge in [0, 0.05) is 12.0 Å². The van der Waals surface area contributed by atoms with Crippen LogP contribution in [0.1, 0.15) is 27.7 Å². The molecule has 0 bridgehead atoms. The second-order valence-corrected chi connectivity index (χ2v) is 6.80. The SMILES string of the molecule is Nc1ncc(-c2ccccc2Cl)nc1C(=O)N[C@@H]1c2ccccc2C[C@@H]1O. The Labute approximate surface area is 161 Å². The number of fused-ring (bicyclic) bond motifs is 1. The molecular formula is C20H17ClN4O2. The van der Waals surface area contributed by atoms with Crippen molar-refractivity contribution >= 4 is 23.3 Å². The van der Waals surface area contributed by atoms with E-state index in [0.29, 0.717) is 22.7 Å². The van der Waals surface area contributed by atoms with Crippen LogP contribution in [0.4, 0.5) is 5.82 Å². The first-order valence-electron chi connectivity index (χ1n) is 8.48. The molecule has 2 aromatic carbocycles. The van der Waals surface area contributed by atoms with Crippen LogP contribution in [0.2, 0.25) is 5.02 Å². The van der Waals surface area contributed by atoms with E-state index in [-0.39, 0.29) is 11.5 Å². The minimum absolute atomic E-state index is 0.00370. The molecule has 3 aromatic rings. The molecule has 0 saturated carbocycles. The molecule has 0 radical (unpaired) electrons. The first-order valence-corrected chi connectivity index (χ1v) is 8.86. The quantitative estimate of drug-likeness (QED) is 0.648. The van der Waals surface area contributed by atoms with Crippen molar-refractivity contribution in [3.8, 4) is 11.3 Å². The summed E-state index contributed by atoms with van der Waals surface area (Å²) in [5.41, 5.74) is 8.90. The predicted molar refractivity (Wildman–Crippen MR) is 103 cm³/mol. The van der Waals surface area contributed by atoms with Gasteiger partial charge in [-0.05, 0) is 17.2 Å². The Bertz CT molecular complexity index is 1020. The van der Waals surface area contributed by atoms with Gasteiger partial charge in [0.15, 0.2) is 11.5 Å². The van der Waals surface area contributed by atoms with Crippen molar-refractivity contribution in [1.29, 1.82) is 0 Å². The molecule has 0 aliphatic heterocycles. The molecule has 1 amide bonds. The van der Waals surface area contributed by atoms with Gasteiger partial charge in [-0.3, -0.25) is 4.79 Å². The molecule has 6 nitrogen and oxygen atoms in total. The number of rotatable bonds is 3. The fourth-order valence-electron chi connectivity index (χ4n) is 3.32. The van der Waals surface area contributed by atoms with Gasteiger partial charge in [0.25, 0.3) is 5.91 Å². The Kier molecular flexibility index (Phi) is 4.51. The van der Waals surface area contributed by atoms with Crippen LogP contribution in [-0.2, 0) is 6.42 Å². The number of aromatic nitrogens is 2.